The molecule has 0 aliphatic carbocycles. The van der Waals surface area contributed by atoms with E-state index in [0.29, 0.717) is 22.5 Å². The smallest absolute Gasteiger partial charge is 0.168 e. The molecule has 0 spiro atoms. The van der Waals surface area contributed by atoms with Crippen molar-refractivity contribution in [2.45, 2.75) is 5.03 Å². The lowest BCUT2D eigenvalue weighted by Gasteiger charge is -1.93. The van der Waals surface area contributed by atoms with Crippen molar-refractivity contribution in [3.8, 4) is 0 Å². The van der Waals surface area contributed by atoms with Gasteiger partial charge in [-0.2, -0.15) is 0 Å². The number of thioether (sulfide) groups is 1. The van der Waals surface area contributed by atoms with Crippen LogP contribution in [-0.4, -0.2) is 17.5 Å². The molecule has 74 valence electrons. The van der Waals surface area contributed by atoms with Crippen LogP contribution in [0.5, 0.6) is 0 Å². The molecular weight excluding hydrogens is 203 g/mol. The van der Waals surface area contributed by atoms with Crippen LogP contribution >= 0.6 is 11.8 Å². The van der Waals surface area contributed by atoms with Crippen molar-refractivity contribution in [2.75, 3.05) is 12.3 Å². The van der Waals surface area contributed by atoms with Gasteiger partial charge in [-0.3, -0.25) is 0 Å². The zero-order chi connectivity index (χ0) is 9.97. The zero-order valence-corrected chi connectivity index (χ0v) is 8.18. The Labute approximate surface area is 84.4 Å². The first-order valence-corrected chi connectivity index (χ1v) is 5.17. The highest BCUT2D eigenvalue weighted by atomic mass is 32.2. The summed E-state index contributed by atoms with van der Waals surface area (Å²) in [6.45, 7) is 0.564. The summed E-state index contributed by atoms with van der Waals surface area (Å²) >= 11 is 1.47. The van der Waals surface area contributed by atoms with Crippen molar-refractivity contribution < 1.29 is 8.91 Å². The van der Waals surface area contributed by atoms with Gasteiger partial charge in [0.2, 0.25) is 0 Å². The normalized spacial score (nSPS) is 11.0. The highest BCUT2D eigenvalue weighted by Gasteiger charge is 2.08. The van der Waals surface area contributed by atoms with Gasteiger partial charge in [-0.15, -0.1) is 11.8 Å². The number of benzene rings is 1. The van der Waals surface area contributed by atoms with Crippen molar-refractivity contribution in [1.29, 1.82) is 0 Å². The maximum atomic E-state index is 12.9. The molecule has 2 rings (SSSR count). The van der Waals surface area contributed by atoms with E-state index in [-0.39, 0.29) is 5.82 Å². The number of hydrogen-bond acceptors (Lipinski definition) is 4. The third-order valence-electron chi connectivity index (χ3n) is 1.76. The van der Waals surface area contributed by atoms with Crippen molar-refractivity contribution in [3.63, 3.8) is 0 Å². The molecule has 1 aromatic carbocycles. The molecule has 0 atom stereocenters. The minimum atomic E-state index is -0.282. The summed E-state index contributed by atoms with van der Waals surface area (Å²) in [5, 5.41) is 5.25. The van der Waals surface area contributed by atoms with E-state index in [1.807, 2.05) is 0 Å². The van der Waals surface area contributed by atoms with Gasteiger partial charge in [-0.25, -0.2) is 4.39 Å². The number of rotatable bonds is 3. The molecule has 2 N–H and O–H groups in total. The Kier molecular flexibility index (Phi) is 2.69. The topological polar surface area (TPSA) is 52.0 Å². The molecule has 0 bridgehead atoms. The van der Waals surface area contributed by atoms with Crippen LogP contribution in [0.3, 0.4) is 0 Å². The minimum absolute atomic E-state index is 0.282. The molecule has 0 amide bonds. The number of aromatic nitrogens is 1. The zero-order valence-electron chi connectivity index (χ0n) is 7.37. The monoisotopic (exact) mass is 212 g/mol. The Morgan fingerprint density at radius 2 is 2.36 bits per heavy atom. The van der Waals surface area contributed by atoms with Gasteiger partial charge in [0.1, 0.15) is 10.8 Å². The van der Waals surface area contributed by atoms with Gasteiger partial charge < -0.3 is 10.3 Å². The number of hydrogen-bond donors (Lipinski definition) is 1. The predicted octanol–water partition coefficient (Wildman–Crippen LogP) is 2.02. The first kappa shape index (κ1) is 9.48. The van der Waals surface area contributed by atoms with Crippen molar-refractivity contribution >= 4 is 22.7 Å². The Hall–Kier alpha value is -1.07. The van der Waals surface area contributed by atoms with Crippen molar-refractivity contribution in [2.24, 2.45) is 5.73 Å². The molecule has 2 aromatic rings. The molecule has 0 saturated carbocycles. The molecular formula is C9H9FN2OS. The molecule has 0 aliphatic rings. The maximum absolute atomic E-state index is 12.9. The predicted molar refractivity (Wildman–Crippen MR) is 53.7 cm³/mol. The average molecular weight is 212 g/mol. The van der Waals surface area contributed by atoms with E-state index in [2.05, 4.69) is 5.16 Å². The Morgan fingerprint density at radius 1 is 1.50 bits per heavy atom. The van der Waals surface area contributed by atoms with E-state index in [0.717, 1.165) is 5.75 Å². The van der Waals surface area contributed by atoms with E-state index in [9.17, 15) is 4.39 Å². The fourth-order valence-electron chi connectivity index (χ4n) is 1.15. The van der Waals surface area contributed by atoms with Crippen LogP contribution in [0.25, 0.3) is 11.0 Å². The summed E-state index contributed by atoms with van der Waals surface area (Å²) in [7, 11) is 0. The summed E-state index contributed by atoms with van der Waals surface area (Å²) in [5.41, 5.74) is 5.97. The first-order valence-electron chi connectivity index (χ1n) is 4.19. The van der Waals surface area contributed by atoms with E-state index < -0.39 is 0 Å². The molecule has 0 fully saturated rings. The third kappa shape index (κ3) is 1.73. The number of nitrogens with zero attached hydrogens (tertiary/aromatic N) is 1. The number of halogens is 1. The van der Waals surface area contributed by atoms with Gasteiger partial charge in [-0.05, 0) is 18.2 Å². The van der Waals surface area contributed by atoms with Crippen LogP contribution in [0, 0.1) is 5.82 Å². The van der Waals surface area contributed by atoms with Gasteiger partial charge in [0.05, 0.1) is 5.39 Å². The molecule has 14 heavy (non-hydrogen) atoms. The molecule has 0 radical (unpaired) electrons. The standard InChI is InChI=1S/C9H9FN2OS/c10-6-1-2-8-7(5-6)9(12-13-8)14-4-3-11/h1-2,5H,3-4,11H2. The average Bonchev–Trinajstić information content (AvgIpc) is 2.57. The van der Waals surface area contributed by atoms with Crippen LogP contribution in [0.4, 0.5) is 4.39 Å². The molecule has 1 heterocycles. The van der Waals surface area contributed by atoms with E-state index in [1.165, 1.54) is 23.9 Å². The lowest BCUT2D eigenvalue weighted by atomic mass is 10.3. The molecule has 1 aromatic heterocycles. The summed E-state index contributed by atoms with van der Waals surface area (Å²) < 4.78 is 17.9. The van der Waals surface area contributed by atoms with Crippen LogP contribution < -0.4 is 5.73 Å². The summed E-state index contributed by atoms with van der Waals surface area (Å²) in [6.07, 6.45) is 0. The van der Waals surface area contributed by atoms with E-state index in [4.69, 9.17) is 10.3 Å². The fraction of sp³-hybridized carbons (Fsp3) is 0.222. The van der Waals surface area contributed by atoms with Crippen LogP contribution in [0.1, 0.15) is 0 Å². The lowest BCUT2D eigenvalue weighted by Crippen LogP contribution is -2.00. The molecule has 5 heteroatoms. The number of nitrogens with two attached hydrogens (primary N) is 1. The van der Waals surface area contributed by atoms with Gasteiger partial charge >= 0.3 is 0 Å². The van der Waals surface area contributed by atoms with Crippen LogP contribution in [0.2, 0.25) is 0 Å². The molecule has 3 nitrogen and oxygen atoms in total. The molecule has 0 aliphatic heterocycles. The summed E-state index contributed by atoms with van der Waals surface area (Å²) in [6, 6.07) is 4.35. The van der Waals surface area contributed by atoms with Gasteiger partial charge in [0, 0.05) is 12.3 Å². The summed E-state index contributed by atoms with van der Waals surface area (Å²) in [5.74, 6) is 0.466. The highest BCUT2D eigenvalue weighted by molar-refractivity contribution is 7.99. The first-order chi connectivity index (χ1) is 6.81. The van der Waals surface area contributed by atoms with Crippen LogP contribution in [0.15, 0.2) is 27.7 Å². The number of fused-ring (bicyclic) bond motifs is 1. The van der Waals surface area contributed by atoms with Crippen molar-refractivity contribution in [3.05, 3.63) is 24.0 Å². The Morgan fingerprint density at radius 3 is 3.14 bits per heavy atom. The van der Waals surface area contributed by atoms with Gasteiger partial charge in [0.15, 0.2) is 5.58 Å². The minimum Gasteiger partial charge on any atom is -0.355 e. The second-order valence-electron chi connectivity index (χ2n) is 2.77. The van der Waals surface area contributed by atoms with E-state index in [1.54, 1.807) is 6.07 Å². The highest BCUT2D eigenvalue weighted by Crippen LogP contribution is 2.27. The second kappa shape index (κ2) is 3.98. The quantitative estimate of drug-likeness (QED) is 0.791. The van der Waals surface area contributed by atoms with Crippen molar-refractivity contribution in [1.82, 2.24) is 5.16 Å². The van der Waals surface area contributed by atoms with Gasteiger partial charge in [0.25, 0.3) is 0 Å². The van der Waals surface area contributed by atoms with Crippen LogP contribution in [-0.2, 0) is 0 Å². The van der Waals surface area contributed by atoms with Gasteiger partial charge in [-0.1, -0.05) is 5.16 Å². The maximum Gasteiger partial charge on any atom is 0.168 e. The fourth-order valence-corrected chi connectivity index (χ4v) is 1.86. The molecule has 0 saturated heterocycles. The largest absolute Gasteiger partial charge is 0.355 e. The second-order valence-corrected chi connectivity index (χ2v) is 3.85. The Balaban J connectivity index is 2.40. The third-order valence-corrected chi connectivity index (χ3v) is 2.76. The molecule has 0 unspecified atom stereocenters. The SMILES string of the molecule is NCCSc1noc2ccc(F)cc12. The van der Waals surface area contributed by atoms with E-state index >= 15 is 0 Å². The Bertz CT molecular complexity index is 443. The summed E-state index contributed by atoms with van der Waals surface area (Å²) in [4.78, 5) is 0. The lowest BCUT2D eigenvalue weighted by molar-refractivity contribution is 0.437.